The van der Waals surface area contributed by atoms with E-state index in [1.807, 2.05) is 17.0 Å². The Morgan fingerprint density at radius 1 is 1.00 bits per heavy atom. The molecule has 188 valence electrons. The van der Waals surface area contributed by atoms with Gasteiger partial charge in [-0.05, 0) is 86.0 Å². The molecule has 0 saturated carbocycles. The molecule has 1 N–H and O–H groups in total. The van der Waals surface area contributed by atoms with Crippen molar-refractivity contribution in [2.75, 3.05) is 57.9 Å². The number of rotatable bonds is 6. The fourth-order valence-electron chi connectivity index (χ4n) is 5.80. The summed E-state index contributed by atoms with van der Waals surface area (Å²) in [4.78, 5) is 16.2. The number of halogens is 1. The number of urea groups is 1. The van der Waals surface area contributed by atoms with Gasteiger partial charge in [-0.25, -0.2) is 9.18 Å². The maximum Gasteiger partial charge on any atom is 0.317 e. The summed E-state index contributed by atoms with van der Waals surface area (Å²) in [5, 5.41) is 8.53. The Labute approximate surface area is 211 Å². The first-order valence-electron chi connectivity index (χ1n) is 12.9. The molecular weight excluding hydrogens is 455 g/mol. The third-order valence-electron chi connectivity index (χ3n) is 7.86. The highest BCUT2D eigenvalue weighted by Gasteiger charge is 2.26. The summed E-state index contributed by atoms with van der Waals surface area (Å²) in [6, 6.07) is 13.5. The van der Waals surface area contributed by atoms with E-state index >= 15 is 0 Å². The topological polar surface area (TPSA) is 47.0 Å². The fourth-order valence-corrected chi connectivity index (χ4v) is 5.80. The quantitative estimate of drug-likeness (QED) is 0.566. The lowest BCUT2D eigenvalue weighted by molar-refractivity contribution is 0.181. The summed E-state index contributed by atoms with van der Waals surface area (Å²) >= 11 is 0. The summed E-state index contributed by atoms with van der Waals surface area (Å²) in [5.41, 5.74) is 4.67. The molecule has 3 aromatic rings. The third kappa shape index (κ3) is 4.30. The Morgan fingerprint density at radius 2 is 1.78 bits per heavy atom. The zero-order chi connectivity index (χ0) is 24.6. The van der Waals surface area contributed by atoms with Crippen LogP contribution in [0.15, 0.2) is 60.9 Å². The van der Waals surface area contributed by atoms with E-state index in [4.69, 9.17) is 0 Å². The monoisotopic (exact) mass is 488 g/mol. The number of piperidine rings is 1. The summed E-state index contributed by atoms with van der Waals surface area (Å²) < 4.78 is 15.8. The summed E-state index contributed by atoms with van der Waals surface area (Å²) in [6.07, 6.45) is 8.70. The Kier molecular flexibility index (Phi) is 6.05. The van der Waals surface area contributed by atoms with Crippen molar-refractivity contribution in [2.24, 2.45) is 0 Å². The maximum absolute atomic E-state index is 13.6. The number of anilines is 1. The van der Waals surface area contributed by atoms with E-state index in [-0.39, 0.29) is 11.8 Å². The molecule has 36 heavy (non-hydrogen) atoms. The van der Waals surface area contributed by atoms with E-state index in [2.05, 4.69) is 68.5 Å². The molecule has 4 heterocycles. The SMILES string of the molecule is CN1C=CCN1c1ccc2c(c1)c(C1CCN(CCN3CCNC3=O)CC1)cn2-c1ccc(F)cc1. The molecule has 0 radical (unpaired) electrons. The van der Waals surface area contributed by atoms with Crippen LogP contribution in [0.2, 0.25) is 0 Å². The number of carbonyl (C=O) groups excluding carboxylic acids is 1. The minimum Gasteiger partial charge on any atom is -0.336 e. The third-order valence-corrected chi connectivity index (χ3v) is 7.86. The predicted octanol–water partition coefficient (Wildman–Crippen LogP) is 4.15. The molecule has 3 aliphatic rings. The molecular formula is C28H33FN6O. The highest BCUT2D eigenvalue weighted by molar-refractivity contribution is 5.89. The van der Waals surface area contributed by atoms with Crippen LogP contribution in [-0.2, 0) is 0 Å². The molecule has 2 aromatic carbocycles. The number of benzene rings is 2. The first-order valence-corrected chi connectivity index (χ1v) is 12.9. The largest absolute Gasteiger partial charge is 0.336 e. The summed E-state index contributed by atoms with van der Waals surface area (Å²) in [5.74, 6) is 0.242. The van der Waals surface area contributed by atoms with E-state index in [1.165, 1.54) is 28.8 Å². The van der Waals surface area contributed by atoms with Crippen LogP contribution in [-0.4, -0.2) is 78.3 Å². The molecule has 7 nitrogen and oxygen atoms in total. The summed E-state index contributed by atoms with van der Waals surface area (Å²) in [6.45, 7) is 6.21. The zero-order valence-electron chi connectivity index (χ0n) is 20.7. The number of hydrazine groups is 1. The maximum atomic E-state index is 13.6. The smallest absolute Gasteiger partial charge is 0.317 e. The van der Waals surface area contributed by atoms with Crippen LogP contribution >= 0.6 is 0 Å². The van der Waals surface area contributed by atoms with E-state index in [9.17, 15) is 9.18 Å². The van der Waals surface area contributed by atoms with Gasteiger partial charge in [0.05, 0.1) is 17.7 Å². The predicted molar refractivity (Wildman–Crippen MR) is 141 cm³/mol. The average Bonchev–Trinajstić information content (AvgIpc) is 3.61. The Bertz CT molecular complexity index is 1280. The number of nitrogens with zero attached hydrogens (tertiary/aromatic N) is 5. The van der Waals surface area contributed by atoms with Crippen LogP contribution in [0, 0.1) is 5.82 Å². The number of aromatic nitrogens is 1. The summed E-state index contributed by atoms with van der Waals surface area (Å²) in [7, 11) is 2.07. The van der Waals surface area contributed by atoms with Crippen LogP contribution < -0.4 is 10.3 Å². The average molecular weight is 489 g/mol. The molecule has 2 amide bonds. The molecule has 6 rings (SSSR count). The van der Waals surface area contributed by atoms with Gasteiger partial charge in [0.1, 0.15) is 5.82 Å². The minimum atomic E-state index is -0.221. The number of carbonyl (C=O) groups is 1. The molecule has 0 atom stereocenters. The van der Waals surface area contributed by atoms with Crippen LogP contribution in [0.5, 0.6) is 0 Å². The van der Waals surface area contributed by atoms with E-state index in [0.29, 0.717) is 5.92 Å². The lowest BCUT2D eigenvalue weighted by Gasteiger charge is -2.33. The van der Waals surface area contributed by atoms with E-state index < -0.39 is 0 Å². The molecule has 0 aliphatic carbocycles. The number of amides is 2. The number of hydrogen-bond donors (Lipinski definition) is 1. The van der Waals surface area contributed by atoms with Crippen molar-refractivity contribution in [3.8, 4) is 5.69 Å². The van der Waals surface area contributed by atoms with Gasteiger partial charge in [-0.3, -0.25) is 10.0 Å². The first-order chi connectivity index (χ1) is 17.6. The fraction of sp³-hybridized carbons (Fsp3) is 0.393. The Morgan fingerprint density at radius 3 is 2.47 bits per heavy atom. The van der Waals surface area contributed by atoms with Gasteiger partial charge in [0, 0.05) is 56.7 Å². The number of nitrogens with one attached hydrogen (secondary N) is 1. The minimum absolute atomic E-state index is 0.0631. The van der Waals surface area contributed by atoms with Crippen molar-refractivity contribution >= 4 is 22.6 Å². The van der Waals surface area contributed by atoms with Gasteiger partial charge in [0.15, 0.2) is 0 Å². The van der Waals surface area contributed by atoms with Crippen molar-refractivity contribution in [1.29, 1.82) is 0 Å². The molecule has 8 heteroatoms. The van der Waals surface area contributed by atoms with Crippen LogP contribution in [0.25, 0.3) is 16.6 Å². The molecule has 0 spiro atoms. The molecule has 0 unspecified atom stereocenters. The molecule has 1 aromatic heterocycles. The van der Waals surface area contributed by atoms with Crippen LogP contribution in [0.1, 0.15) is 24.3 Å². The Balaban J connectivity index is 1.26. The number of fused-ring (bicyclic) bond motifs is 1. The van der Waals surface area contributed by atoms with Crippen LogP contribution in [0.4, 0.5) is 14.9 Å². The second kappa shape index (κ2) is 9.50. The van der Waals surface area contributed by atoms with Gasteiger partial charge in [-0.1, -0.05) is 0 Å². The molecule has 0 bridgehead atoms. The van der Waals surface area contributed by atoms with E-state index in [1.54, 1.807) is 0 Å². The normalized spacial score (nSPS) is 19.2. The number of hydrogen-bond acceptors (Lipinski definition) is 4. The molecule has 3 aliphatic heterocycles. The van der Waals surface area contributed by atoms with Crippen LogP contribution in [0.3, 0.4) is 0 Å². The van der Waals surface area contributed by atoms with Crippen molar-refractivity contribution in [3.05, 3.63) is 72.3 Å². The second-order valence-electron chi connectivity index (χ2n) is 10.0. The molecule has 2 fully saturated rings. The van der Waals surface area contributed by atoms with Gasteiger partial charge in [0.2, 0.25) is 0 Å². The van der Waals surface area contributed by atoms with Gasteiger partial charge in [-0.2, -0.15) is 0 Å². The van der Waals surface area contributed by atoms with Gasteiger partial charge in [-0.15, -0.1) is 0 Å². The lowest BCUT2D eigenvalue weighted by atomic mass is 9.89. The molecule has 2 saturated heterocycles. The first kappa shape index (κ1) is 22.9. The van der Waals surface area contributed by atoms with Gasteiger partial charge < -0.3 is 19.7 Å². The highest BCUT2D eigenvalue weighted by atomic mass is 19.1. The number of likely N-dealkylation sites (tertiary alicyclic amines) is 1. The van der Waals surface area contributed by atoms with Crippen molar-refractivity contribution < 1.29 is 9.18 Å². The van der Waals surface area contributed by atoms with Crippen molar-refractivity contribution in [2.45, 2.75) is 18.8 Å². The van der Waals surface area contributed by atoms with Gasteiger partial charge in [0.25, 0.3) is 0 Å². The van der Waals surface area contributed by atoms with Crippen molar-refractivity contribution in [3.63, 3.8) is 0 Å². The highest BCUT2D eigenvalue weighted by Crippen LogP contribution is 2.38. The second-order valence-corrected chi connectivity index (χ2v) is 10.0. The van der Waals surface area contributed by atoms with E-state index in [0.717, 1.165) is 69.9 Å². The standard InChI is InChI=1S/C28H33FN6O/c1-31-12-2-13-35(31)24-7-8-27-25(19-24)26(20-34(27)23-5-3-22(29)4-6-23)21-9-14-32(15-10-21)17-18-33-16-11-30-28(33)36/h2-8,12,19-21H,9-11,13-18H2,1H3,(H,30,36). The Hall–Kier alpha value is -3.52. The lowest BCUT2D eigenvalue weighted by Crippen LogP contribution is -2.40. The van der Waals surface area contributed by atoms with Crippen molar-refractivity contribution in [1.82, 2.24) is 24.7 Å². The van der Waals surface area contributed by atoms with Gasteiger partial charge >= 0.3 is 6.03 Å². The zero-order valence-corrected chi connectivity index (χ0v) is 20.7.